The van der Waals surface area contributed by atoms with E-state index in [9.17, 15) is 5.26 Å². The van der Waals surface area contributed by atoms with Gasteiger partial charge in [-0.3, -0.25) is 0 Å². The number of hydrogen-bond donors (Lipinski definition) is 0. The highest BCUT2D eigenvalue weighted by atomic mass is 15.1. The maximum atomic E-state index is 10.5. The van der Waals surface area contributed by atoms with Gasteiger partial charge in [-0.25, -0.2) is 0 Å². The van der Waals surface area contributed by atoms with Crippen LogP contribution in [0.25, 0.3) is 45.8 Å². The molecule has 0 N–H and O–H groups in total. The van der Waals surface area contributed by atoms with Gasteiger partial charge in [0.2, 0.25) is 0 Å². The summed E-state index contributed by atoms with van der Waals surface area (Å²) in [6, 6.07) is 75.0. The average molecular weight is 906 g/mol. The molecular formula is C67H59N3. The number of rotatable bonds is 12. The number of benzene rings is 9. The molecule has 9 aromatic carbocycles. The maximum Gasteiger partial charge on any atom is 0.100 e. The van der Waals surface area contributed by atoms with Gasteiger partial charge in [-0.05, 0) is 173 Å². The van der Waals surface area contributed by atoms with Gasteiger partial charge in [0.25, 0.3) is 0 Å². The molecule has 0 heterocycles. The first kappa shape index (κ1) is 44.6. The minimum atomic E-state index is 0.684. The van der Waals surface area contributed by atoms with Gasteiger partial charge in [0.15, 0.2) is 0 Å². The molecule has 70 heavy (non-hydrogen) atoms. The van der Waals surface area contributed by atoms with Crippen LogP contribution in [0.15, 0.2) is 200 Å². The molecule has 0 saturated heterocycles. The lowest BCUT2D eigenvalue weighted by Crippen LogP contribution is -2.10. The van der Waals surface area contributed by atoms with E-state index in [0.29, 0.717) is 17.4 Å². The van der Waals surface area contributed by atoms with Crippen LogP contribution in [0.3, 0.4) is 0 Å². The van der Waals surface area contributed by atoms with Crippen molar-refractivity contribution in [3.05, 3.63) is 239 Å². The molecule has 0 spiro atoms. The summed E-state index contributed by atoms with van der Waals surface area (Å²) in [6.07, 6.45) is 21.9. The molecule has 0 radical (unpaired) electrons. The lowest BCUT2D eigenvalue weighted by molar-refractivity contribution is 0.443. The number of fused-ring (bicyclic) bond motifs is 2. The number of hydrogen-bond acceptors (Lipinski definition) is 3. The van der Waals surface area contributed by atoms with Gasteiger partial charge >= 0.3 is 0 Å². The zero-order chi connectivity index (χ0) is 47.1. The second kappa shape index (κ2) is 20.7. The summed E-state index contributed by atoms with van der Waals surface area (Å²) < 4.78 is 0. The Morgan fingerprint density at radius 3 is 1.19 bits per heavy atom. The molecule has 0 aromatic heterocycles. The highest BCUT2D eigenvalue weighted by Crippen LogP contribution is 2.40. The molecule has 342 valence electrons. The van der Waals surface area contributed by atoms with Gasteiger partial charge in [0.05, 0.1) is 5.56 Å². The average Bonchev–Trinajstić information content (AvgIpc) is 3.43. The van der Waals surface area contributed by atoms with E-state index in [2.05, 4.69) is 240 Å². The Kier molecular flexibility index (Phi) is 13.2. The van der Waals surface area contributed by atoms with Crippen molar-refractivity contribution in [3.63, 3.8) is 0 Å². The summed E-state index contributed by atoms with van der Waals surface area (Å²) in [5.74, 6) is 1.37. The smallest absolute Gasteiger partial charge is 0.100 e. The zero-order valence-corrected chi connectivity index (χ0v) is 39.9. The molecule has 2 fully saturated rings. The van der Waals surface area contributed by atoms with Crippen molar-refractivity contribution in [1.82, 2.24) is 0 Å². The van der Waals surface area contributed by atoms with Gasteiger partial charge in [0, 0.05) is 44.9 Å². The van der Waals surface area contributed by atoms with Crippen molar-refractivity contribution in [2.45, 2.75) is 76.0 Å². The van der Waals surface area contributed by atoms with Crippen molar-refractivity contribution < 1.29 is 0 Å². The van der Waals surface area contributed by atoms with Crippen LogP contribution in [0.1, 0.15) is 115 Å². The van der Waals surface area contributed by atoms with E-state index >= 15 is 0 Å². The summed E-state index contributed by atoms with van der Waals surface area (Å²) in [5.41, 5.74) is 14.9. The third-order valence-corrected chi connectivity index (χ3v) is 14.8. The van der Waals surface area contributed by atoms with Crippen LogP contribution >= 0.6 is 0 Å². The standard InChI is InChI=1S/C67H59N3/c68-48-67-65-44-30-51(23-21-49-26-36-61(37-27-49)69(59-17-9-3-10-18-59)63-40-32-55(33-41-63)53-13-5-1-6-14-53)45-58(65)47-57-31-25-52(46-66(57)67)24-22-50-28-38-62(39-29-50)70(60-19-11-4-12-20-60)64-42-34-56(35-43-64)54-15-7-2-8-16-54/h3-4,9-12,17-47,53-54H,1-2,5-8,13-16H2. The van der Waals surface area contributed by atoms with E-state index in [4.69, 9.17) is 0 Å². The molecule has 11 rings (SSSR count). The fraction of sp³-hybridized carbons (Fsp3) is 0.179. The van der Waals surface area contributed by atoms with E-state index in [0.717, 1.165) is 72.2 Å². The van der Waals surface area contributed by atoms with Gasteiger partial charge < -0.3 is 9.80 Å². The topological polar surface area (TPSA) is 30.3 Å². The van der Waals surface area contributed by atoms with Crippen LogP contribution in [0.2, 0.25) is 0 Å². The summed E-state index contributed by atoms with van der Waals surface area (Å²) in [5, 5.41) is 14.6. The number of nitrogens with zero attached hydrogens (tertiary/aromatic N) is 3. The summed E-state index contributed by atoms with van der Waals surface area (Å²) in [7, 11) is 0. The quantitative estimate of drug-likeness (QED) is 0.0904. The van der Waals surface area contributed by atoms with E-state index < -0.39 is 0 Å². The Morgan fingerprint density at radius 2 is 0.729 bits per heavy atom. The summed E-state index contributed by atoms with van der Waals surface area (Å²) in [4.78, 5) is 4.68. The molecule has 0 bridgehead atoms. The third kappa shape index (κ3) is 9.82. The molecule has 0 aliphatic heterocycles. The monoisotopic (exact) mass is 905 g/mol. The molecule has 3 nitrogen and oxygen atoms in total. The maximum absolute atomic E-state index is 10.5. The van der Waals surface area contributed by atoms with Crippen LogP contribution in [0.5, 0.6) is 0 Å². The van der Waals surface area contributed by atoms with Crippen LogP contribution in [0.4, 0.5) is 34.1 Å². The van der Waals surface area contributed by atoms with Crippen LogP contribution in [0, 0.1) is 11.3 Å². The molecule has 2 aliphatic rings. The summed E-state index contributed by atoms with van der Waals surface area (Å²) >= 11 is 0. The Labute approximate surface area is 414 Å². The minimum absolute atomic E-state index is 0.684. The molecule has 2 aliphatic carbocycles. The van der Waals surface area contributed by atoms with E-state index in [1.165, 1.54) is 81.0 Å². The third-order valence-electron chi connectivity index (χ3n) is 14.8. The highest BCUT2D eigenvalue weighted by Gasteiger charge is 2.19. The zero-order valence-electron chi connectivity index (χ0n) is 39.9. The van der Waals surface area contributed by atoms with Gasteiger partial charge in [0.1, 0.15) is 6.07 Å². The Balaban J connectivity index is 0.794. The summed E-state index contributed by atoms with van der Waals surface area (Å²) in [6.45, 7) is 0. The largest absolute Gasteiger partial charge is 0.311 e. The van der Waals surface area contributed by atoms with Gasteiger partial charge in [-0.2, -0.15) is 5.26 Å². The van der Waals surface area contributed by atoms with Crippen molar-refractivity contribution in [3.8, 4) is 6.07 Å². The first-order chi connectivity index (χ1) is 34.6. The molecule has 3 heteroatoms. The fourth-order valence-corrected chi connectivity index (χ4v) is 11.1. The molecule has 2 saturated carbocycles. The second-order valence-corrected chi connectivity index (χ2v) is 19.4. The predicted octanol–water partition coefficient (Wildman–Crippen LogP) is 19.2. The van der Waals surface area contributed by atoms with E-state index in [-0.39, 0.29) is 0 Å². The second-order valence-electron chi connectivity index (χ2n) is 19.4. The van der Waals surface area contributed by atoms with Gasteiger partial charge in [-0.15, -0.1) is 0 Å². The Bertz CT molecular complexity index is 3300. The van der Waals surface area contributed by atoms with Crippen LogP contribution < -0.4 is 9.80 Å². The lowest BCUT2D eigenvalue weighted by atomic mass is 9.84. The van der Waals surface area contributed by atoms with Crippen LogP contribution in [-0.2, 0) is 0 Å². The molecule has 0 amide bonds. The molecule has 0 unspecified atom stereocenters. The first-order valence-corrected chi connectivity index (χ1v) is 25.5. The van der Waals surface area contributed by atoms with Crippen LogP contribution in [-0.4, -0.2) is 0 Å². The fourth-order valence-electron chi connectivity index (χ4n) is 11.1. The minimum Gasteiger partial charge on any atom is -0.311 e. The molecule has 9 aromatic rings. The van der Waals surface area contributed by atoms with Gasteiger partial charge in [-0.1, -0.05) is 172 Å². The predicted molar refractivity (Wildman–Crippen MR) is 298 cm³/mol. The number of para-hydroxylation sites is 2. The number of nitriles is 1. The molecule has 0 atom stereocenters. The first-order valence-electron chi connectivity index (χ1n) is 25.5. The molecular weight excluding hydrogens is 847 g/mol. The van der Waals surface area contributed by atoms with E-state index in [1.54, 1.807) is 0 Å². The van der Waals surface area contributed by atoms with Crippen molar-refractivity contribution in [1.29, 1.82) is 5.26 Å². The highest BCUT2D eigenvalue weighted by molar-refractivity contribution is 6.05. The Morgan fingerprint density at radius 1 is 0.343 bits per heavy atom. The normalized spacial score (nSPS) is 14.6. The Hall–Kier alpha value is -7.93. The van der Waals surface area contributed by atoms with Crippen molar-refractivity contribution in [2.75, 3.05) is 9.80 Å². The number of anilines is 6. The van der Waals surface area contributed by atoms with E-state index in [1.807, 2.05) is 0 Å². The van der Waals surface area contributed by atoms with Crippen molar-refractivity contribution >= 4 is 80.0 Å². The lowest BCUT2D eigenvalue weighted by Gasteiger charge is -2.27. The van der Waals surface area contributed by atoms with Crippen molar-refractivity contribution in [2.24, 2.45) is 0 Å². The SMILES string of the molecule is N#Cc1c2ccc(C=Cc3ccc(N(c4ccccc4)c4ccc(C5CCCCC5)cc4)cc3)cc2cc2ccc(C=Cc3ccc(N(c4ccccc4)c4ccc(C5CCCCC5)cc4)cc3)cc12.